The molecule has 0 unspecified atom stereocenters. The van der Waals surface area contributed by atoms with E-state index in [-0.39, 0.29) is 12.2 Å². The molecule has 10 heteroatoms. The first-order valence-corrected chi connectivity index (χ1v) is 10.3. The maximum absolute atomic E-state index is 13.8. The van der Waals surface area contributed by atoms with Gasteiger partial charge < -0.3 is 30.6 Å². The molecular weight excluding hydrogens is 432 g/mol. The van der Waals surface area contributed by atoms with E-state index in [1.54, 1.807) is 10.8 Å². The lowest BCUT2D eigenvalue weighted by Gasteiger charge is -2.17. The third-order valence-electron chi connectivity index (χ3n) is 5.66. The number of fused-ring (bicyclic) bond motifs is 1. The number of aromatic nitrogens is 3. The van der Waals surface area contributed by atoms with Crippen molar-refractivity contribution in [2.45, 2.75) is 24.5 Å². The molecule has 0 radical (unpaired) electrons. The van der Waals surface area contributed by atoms with Gasteiger partial charge in [0.15, 0.2) is 6.23 Å². The molecule has 2 aromatic carbocycles. The fourth-order valence-electron chi connectivity index (χ4n) is 4.13. The molecule has 0 amide bonds. The summed E-state index contributed by atoms with van der Waals surface area (Å²) >= 11 is 0. The van der Waals surface area contributed by atoms with Gasteiger partial charge >= 0.3 is 0 Å². The Morgan fingerprint density at radius 2 is 1.76 bits per heavy atom. The van der Waals surface area contributed by atoms with Gasteiger partial charge in [-0.15, -0.1) is 0 Å². The van der Waals surface area contributed by atoms with E-state index in [2.05, 4.69) is 15.3 Å². The first-order chi connectivity index (χ1) is 16.0. The van der Waals surface area contributed by atoms with Gasteiger partial charge in [0.05, 0.1) is 5.39 Å². The summed E-state index contributed by atoms with van der Waals surface area (Å²) in [5.41, 5.74) is 7.77. The number of nitrogens with two attached hydrogens (primary N) is 1. The largest absolute Gasteiger partial charge is 0.387 e. The quantitative estimate of drug-likeness (QED) is 0.367. The Morgan fingerprint density at radius 3 is 2.42 bits per heavy atom. The maximum Gasteiger partial charge on any atom is 0.164 e. The summed E-state index contributed by atoms with van der Waals surface area (Å²) in [5, 5.41) is 24.4. The minimum atomic E-state index is -1.23. The van der Waals surface area contributed by atoms with Crippen molar-refractivity contribution in [1.82, 2.24) is 14.5 Å². The molecule has 5 rings (SSSR count). The van der Waals surface area contributed by atoms with Crippen molar-refractivity contribution in [2.75, 3.05) is 11.9 Å². The van der Waals surface area contributed by atoms with Gasteiger partial charge in [-0.3, -0.25) is 0 Å². The zero-order valence-electron chi connectivity index (χ0n) is 17.3. The summed E-state index contributed by atoms with van der Waals surface area (Å²) in [6.07, 6.45) is -1.04. The van der Waals surface area contributed by atoms with Crippen molar-refractivity contribution < 1.29 is 23.7 Å². The lowest BCUT2D eigenvalue weighted by atomic mass is 10.1. The number of rotatable bonds is 5. The minimum Gasteiger partial charge on any atom is -0.387 e. The molecule has 0 bridgehead atoms. The number of hydrogen-bond acceptors (Lipinski definition) is 7. The van der Waals surface area contributed by atoms with Crippen LogP contribution in [0.25, 0.3) is 22.2 Å². The minimum absolute atomic E-state index is 0.0341. The maximum atomic E-state index is 13.8. The predicted molar refractivity (Wildman–Crippen MR) is 118 cm³/mol. The third-order valence-corrected chi connectivity index (χ3v) is 5.66. The van der Waals surface area contributed by atoms with Crippen LogP contribution in [0.15, 0.2) is 61.1 Å². The van der Waals surface area contributed by atoms with Gasteiger partial charge in [0, 0.05) is 30.1 Å². The summed E-state index contributed by atoms with van der Waals surface area (Å²) in [7, 11) is 0. The molecule has 33 heavy (non-hydrogen) atoms. The molecule has 4 aromatic rings. The second kappa shape index (κ2) is 8.49. The van der Waals surface area contributed by atoms with Crippen LogP contribution in [-0.4, -0.2) is 49.6 Å². The van der Waals surface area contributed by atoms with Gasteiger partial charge in [-0.05, 0) is 17.7 Å². The van der Waals surface area contributed by atoms with E-state index < -0.39 is 36.2 Å². The standard InChI is InChI=1S/C23H21F2N5O3/c24-13-6-14(25)8-15(7-13)29-21-18-16(12-4-2-1-3-5-12)10-30(22(18)28-11-27-21)23-20(32)19(31)17(9-26)33-23/h1-8,10-11,17,19-20,23,31-32H,9,26H2,(H,27,28,29)/t17-,19+,20+,23-/m1/s1. The van der Waals surface area contributed by atoms with E-state index in [4.69, 9.17) is 10.5 Å². The highest BCUT2D eigenvalue weighted by atomic mass is 19.1. The number of hydrogen-bond donors (Lipinski definition) is 4. The van der Waals surface area contributed by atoms with E-state index in [1.165, 1.54) is 6.33 Å². The second-order valence-corrected chi connectivity index (χ2v) is 7.80. The van der Waals surface area contributed by atoms with Crippen LogP contribution in [0.3, 0.4) is 0 Å². The van der Waals surface area contributed by atoms with E-state index in [9.17, 15) is 19.0 Å². The van der Waals surface area contributed by atoms with Crippen LogP contribution in [0.5, 0.6) is 0 Å². The van der Waals surface area contributed by atoms with Gasteiger partial charge in [0.25, 0.3) is 0 Å². The van der Waals surface area contributed by atoms with Crippen LogP contribution in [0, 0.1) is 11.6 Å². The molecule has 1 aliphatic rings. The molecule has 4 atom stereocenters. The van der Waals surface area contributed by atoms with Crippen LogP contribution >= 0.6 is 0 Å². The third kappa shape index (κ3) is 3.83. The van der Waals surface area contributed by atoms with Gasteiger partial charge in [-0.25, -0.2) is 18.7 Å². The lowest BCUT2D eigenvalue weighted by Crippen LogP contribution is -2.35. The van der Waals surface area contributed by atoms with Crippen LogP contribution in [-0.2, 0) is 4.74 Å². The Hall–Kier alpha value is -3.44. The van der Waals surface area contributed by atoms with Crippen molar-refractivity contribution in [2.24, 2.45) is 5.73 Å². The molecule has 1 saturated heterocycles. The molecule has 0 saturated carbocycles. The van der Waals surface area contributed by atoms with Crippen LogP contribution < -0.4 is 11.1 Å². The smallest absolute Gasteiger partial charge is 0.164 e. The van der Waals surface area contributed by atoms with Crippen molar-refractivity contribution in [1.29, 1.82) is 0 Å². The van der Waals surface area contributed by atoms with E-state index in [1.807, 2.05) is 30.3 Å². The Kier molecular flexibility index (Phi) is 5.51. The Morgan fingerprint density at radius 1 is 1.03 bits per heavy atom. The summed E-state index contributed by atoms with van der Waals surface area (Å²) in [4.78, 5) is 8.68. The topological polar surface area (TPSA) is 118 Å². The molecule has 8 nitrogen and oxygen atoms in total. The first-order valence-electron chi connectivity index (χ1n) is 10.3. The Bertz CT molecular complexity index is 1280. The molecule has 170 valence electrons. The van der Waals surface area contributed by atoms with Gasteiger partial charge in [-0.1, -0.05) is 30.3 Å². The Labute approximate surface area is 187 Å². The van der Waals surface area contributed by atoms with Gasteiger partial charge in [0.1, 0.15) is 47.7 Å². The molecule has 0 aliphatic carbocycles. The number of aliphatic hydroxyl groups excluding tert-OH is 2. The summed E-state index contributed by atoms with van der Waals surface area (Å²) in [6, 6.07) is 12.5. The average Bonchev–Trinajstić information content (AvgIpc) is 3.32. The predicted octanol–water partition coefficient (Wildman–Crippen LogP) is 2.70. The Balaban J connectivity index is 1.68. The van der Waals surface area contributed by atoms with Crippen LogP contribution in [0.1, 0.15) is 6.23 Å². The van der Waals surface area contributed by atoms with E-state index in [0.29, 0.717) is 22.4 Å². The van der Waals surface area contributed by atoms with E-state index >= 15 is 0 Å². The normalized spacial score (nSPS) is 22.7. The average molecular weight is 453 g/mol. The highest BCUT2D eigenvalue weighted by Crippen LogP contribution is 2.39. The molecule has 3 heterocycles. The fourth-order valence-corrected chi connectivity index (χ4v) is 4.13. The highest BCUT2D eigenvalue weighted by Gasteiger charge is 2.43. The number of nitrogens with zero attached hydrogens (tertiary/aromatic N) is 3. The van der Waals surface area contributed by atoms with Crippen molar-refractivity contribution in [3.8, 4) is 11.1 Å². The molecule has 1 aliphatic heterocycles. The van der Waals surface area contributed by atoms with Crippen molar-refractivity contribution >= 4 is 22.5 Å². The molecule has 2 aromatic heterocycles. The highest BCUT2D eigenvalue weighted by molar-refractivity contribution is 6.02. The molecule has 5 N–H and O–H groups in total. The zero-order chi connectivity index (χ0) is 23.1. The number of ether oxygens (including phenoxy) is 1. The molecular formula is C23H21F2N5O3. The zero-order valence-corrected chi connectivity index (χ0v) is 17.3. The number of aliphatic hydroxyl groups is 2. The fraction of sp³-hybridized carbons (Fsp3) is 0.217. The number of benzene rings is 2. The summed E-state index contributed by atoms with van der Waals surface area (Å²) in [6.45, 7) is 0.0341. The summed E-state index contributed by atoms with van der Waals surface area (Å²) in [5.74, 6) is -1.15. The molecule has 0 spiro atoms. The van der Waals surface area contributed by atoms with Crippen molar-refractivity contribution in [3.63, 3.8) is 0 Å². The van der Waals surface area contributed by atoms with E-state index in [0.717, 1.165) is 23.8 Å². The monoisotopic (exact) mass is 453 g/mol. The van der Waals surface area contributed by atoms with Crippen molar-refractivity contribution in [3.05, 3.63) is 72.7 Å². The lowest BCUT2D eigenvalue weighted by molar-refractivity contribution is -0.0318. The number of halogens is 2. The summed E-state index contributed by atoms with van der Waals surface area (Å²) < 4.78 is 34.9. The van der Waals surface area contributed by atoms with Crippen LogP contribution in [0.4, 0.5) is 20.3 Å². The number of nitrogens with one attached hydrogen (secondary N) is 1. The first kappa shape index (κ1) is 21.4. The van der Waals surface area contributed by atoms with Crippen LogP contribution in [0.2, 0.25) is 0 Å². The van der Waals surface area contributed by atoms with Gasteiger partial charge in [-0.2, -0.15) is 0 Å². The molecule has 1 fully saturated rings. The van der Waals surface area contributed by atoms with Gasteiger partial charge in [0.2, 0.25) is 0 Å². The number of anilines is 2. The second-order valence-electron chi connectivity index (χ2n) is 7.80. The SMILES string of the molecule is NC[C@H]1O[C@@H](n2cc(-c3ccccc3)c3c(Nc4cc(F)cc(F)c4)ncnc32)[C@@H](O)[C@H]1O.